The Morgan fingerprint density at radius 2 is 1.94 bits per heavy atom. The van der Waals surface area contributed by atoms with Gasteiger partial charge in [-0.2, -0.15) is 0 Å². The normalized spacial score (nSPS) is 52.6. The van der Waals surface area contributed by atoms with Crippen molar-refractivity contribution in [1.82, 2.24) is 0 Å². The van der Waals surface area contributed by atoms with Crippen LogP contribution in [0.2, 0.25) is 0 Å². The van der Waals surface area contributed by atoms with Crippen LogP contribution in [0.15, 0.2) is 22.4 Å². The number of ether oxygens (including phenoxy) is 1. The first-order valence-electron chi connectivity index (χ1n) is 5.76. The Labute approximate surface area is 124 Å². The van der Waals surface area contributed by atoms with Crippen LogP contribution in [0.3, 0.4) is 0 Å². The van der Waals surface area contributed by atoms with Gasteiger partial charge in [0.15, 0.2) is 11.3 Å². The molecule has 5 atom stereocenters. The Kier molecular flexibility index (Phi) is 2.13. The summed E-state index contributed by atoms with van der Waals surface area (Å²) in [6, 6.07) is 0. The maximum atomic E-state index is 12.5. The number of halogens is 4. The first-order valence-corrected chi connectivity index (χ1v) is 7.33. The first-order chi connectivity index (χ1) is 8.41. The van der Waals surface area contributed by atoms with E-state index in [9.17, 15) is 4.79 Å². The van der Waals surface area contributed by atoms with Crippen LogP contribution in [0.1, 0.15) is 12.8 Å². The van der Waals surface area contributed by atoms with E-state index in [1.165, 1.54) is 0 Å². The number of hydrogen-bond acceptors (Lipinski definition) is 2. The predicted octanol–water partition coefficient (Wildman–Crippen LogP) is 3.54. The molecule has 0 saturated heterocycles. The van der Waals surface area contributed by atoms with E-state index < -0.39 is 15.3 Å². The molecule has 0 aromatic carbocycles. The van der Waals surface area contributed by atoms with Crippen LogP contribution < -0.4 is 0 Å². The van der Waals surface area contributed by atoms with Crippen molar-refractivity contribution in [3.8, 4) is 0 Å². The van der Waals surface area contributed by atoms with Crippen LogP contribution in [0.5, 0.6) is 0 Å². The Morgan fingerprint density at radius 3 is 2.67 bits per heavy atom. The molecular weight excluding hydrogens is 318 g/mol. The molecule has 1 unspecified atom stereocenters. The van der Waals surface area contributed by atoms with Crippen molar-refractivity contribution in [2.24, 2.45) is 11.8 Å². The highest BCUT2D eigenvalue weighted by atomic mass is 35.5. The van der Waals surface area contributed by atoms with Crippen molar-refractivity contribution < 1.29 is 9.53 Å². The van der Waals surface area contributed by atoms with Gasteiger partial charge in [0.1, 0.15) is 15.5 Å². The van der Waals surface area contributed by atoms with Crippen molar-refractivity contribution in [1.29, 1.82) is 0 Å². The predicted molar refractivity (Wildman–Crippen MR) is 70.1 cm³/mol. The molecular formula is C12H8Cl4O2. The van der Waals surface area contributed by atoms with Gasteiger partial charge >= 0.3 is 0 Å². The zero-order chi connectivity index (χ0) is 12.9. The highest BCUT2D eigenvalue weighted by Crippen LogP contribution is 2.73. The molecule has 96 valence electrons. The Balaban J connectivity index is 2.02. The van der Waals surface area contributed by atoms with Gasteiger partial charge in [-0.05, 0) is 18.3 Å². The maximum Gasteiger partial charge on any atom is 0.185 e. The summed E-state index contributed by atoms with van der Waals surface area (Å²) in [6.07, 6.45) is 3.21. The Hall–Kier alpha value is 0.110. The summed E-state index contributed by atoms with van der Waals surface area (Å²) < 4.78 is 5.55. The number of carbonyl (C=O) groups is 1. The summed E-state index contributed by atoms with van der Waals surface area (Å²) in [4.78, 5) is 10.2. The Morgan fingerprint density at radius 1 is 1.28 bits per heavy atom. The standard InChI is InChI=1S/C12H8Cl4O2/c13-7-2-1-4-8(18-7)9(14)12(16)6-3-5(6)11(4,15)10(12)17/h1,5-7H,2-3H2/t5-,6+,7?,11-,12-/m1/s1. The molecule has 3 aliphatic carbocycles. The first kappa shape index (κ1) is 11.9. The number of Topliss-reactive ketones (excluding diaryl/α,β-unsaturated/α-hetero) is 1. The molecule has 1 heterocycles. The average molecular weight is 326 g/mol. The van der Waals surface area contributed by atoms with Crippen molar-refractivity contribution >= 4 is 52.2 Å². The summed E-state index contributed by atoms with van der Waals surface area (Å²) in [5.74, 6) is 0.307. The van der Waals surface area contributed by atoms with Crippen LogP contribution in [-0.4, -0.2) is 21.1 Å². The lowest BCUT2D eigenvalue weighted by Gasteiger charge is -2.39. The van der Waals surface area contributed by atoms with Gasteiger partial charge in [0.25, 0.3) is 0 Å². The van der Waals surface area contributed by atoms with Crippen LogP contribution in [0, 0.1) is 11.8 Å². The molecule has 4 rings (SSSR count). The number of fused-ring (bicyclic) bond motifs is 7. The van der Waals surface area contributed by atoms with Crippen LogP contribution >= 0.6 is 46.4 Å². The second-order valence-corrected chi connectivity index (χ2v) is 7.28. The SMILES string of the molecule is O=C1[C@@]2(Cl)C3=CCC(Cl)OC3=C(Cl)[C@]1(Cl)[C@H]1C[C@H]12. The van der Waals surface area contributed by atoms with Crippen LogP contribution in [-0.2, 0) is 9.53 Å². The van der Waals surface area contributed by atoms with E-state index in [0.717, 1.165) is 6.42 Å². The van der Waals surface area contributed by atoms with Gasteiger partial charge in [0.05, 0.1) is 5.03 Å². The molecule has 0 N–H and O–H groups in total. The van der Waals surface area contributed by atoms with E-state index in [4.69, 9.17) is 51.1 Å². The van der Waals surface area contributed by atoms with E-state index in [2.05, 4.69) is 0 Å². The number of hydrogen-bond donors (Lipinski definition) is 0. The van der Waals surface area contributed by atoms with E-state index in [-0.39, 0.29) is 22.7 Å². The van der Waals surface area contributed by atoms with Crippen molar-refractivity contribution in [2.45, 2.75) is 28.2 Å². The van der Waals surface area contributed by atoms with E-state index in [1.807, 2.05) is 6.08 Å². The lowest BCUT2D eigenvalue weighted by atomic mass is 9.80. The number of rotatable bonds is 0. The monoisotopic (exact) mass is 324 g/mol. The van der Waals surface area contributed by atoms with Gasteiger partial charge in [-0.3, -0.25) is 4.79 Å². The zero-order valence-electron chi connectivity index (χ0n) is 9.05. The molecule has 6 heteroatoms. The van der Waals surface area contributed by atoms with E-state index >= 15 is 0 Å². The molecule has 18 heavy (non-hydrogen) atoms. The van der Waals surface area contributed by atoms with Gasteiger partial charge < -0.3 is 4.74 Å². The van der Waals surface area contributed by atoms with Gasteiger partial charge in [-0.25, -0.2) is 0 Å². The fourth-order valence-corrected chi connectivity index (χ4v) is 5.08. The minimum atomic E-state index is -1.20. The maximum absolute atomic E-state index is 12.5. The second-order valence-electron chi connectivity index (χ2n) is 5.23. The van der Waals surface area contributed by atoms with Crippen LogP contribution in [0.4, 0.5) is 0 Å². The smallest absolute Gasteiger partial charge is 0.185 e. The summed E-state index contributed by atoms with van der Waals surface area (Å²) in [5.41, 5.74) is 0.180. The largest absolute Gasteiger partial charge is 0.473 e. The highest BCUT2D eigenvalue weighted by Gasteiger charge is 2.79. The molecule has 0 spiro atoms. The highest BCUT2D eigenvalue weighted by molar-refractivity contribution is 6.56. The van der Waals surface area contributed by atoms with Gasteiger partial charge in [-0.1, -0.05) is 29.3 Å². The topological polar surface area (TPSA) is 26.3 Å². The molecule has 0 radical (unpaired) electrons. The van der Waals surface area contributed by atoms with Crippen LogP contribution in [0.25, 0.3) is 0 Å². The van der Waals surface area contributed by atoms with Gasteiger partial charge in [0, 0.05) is 12.0 Å². The molecule has 2 nitrogen and oxygen atoms in total. The molecule has 2 saturated carbocycles. The number of ketones is 1. The number of allylic oxidation sites excluding steroid dienone is 2. The van der Waals surface area contributed by atoms with Gasteiger partial charge in [-0.15, -0.1) is 23.2 Å². The van der Waals surface area contributed by atoms with Crippen molar-refractivity contribution in [3.05, 3.63) is 22.4 Å². The molecule has 0 aromatic rings. The van der Waals surface area contributed by atoms with E-state index in [1.54, 1.807) is 0 Å². The molecule has 2 bridgehead atoms. The van der Waals surface area contributed by atoms with Crippen molar-refractivity contribution in [2.75, 3.05) is 0 Å². The molecule has 1 aliphatic heterocycles. The molecule has 2 fully saturated rings. The minimum absolute atomic E-state index is 0.0213. The third kappa shape index (κ3) is 1.05. The zero-order valence-corrected chi connectivity index (χ0v) is 12.1. The summed E-state index contributed by atoms with van der Waals surface area (Å²) in [6.45, 7) is 0. The fraction of sp³-hybridized carbons (Fsp3) is 0.583. The summed E-state index contributed by atoms with van der Waals surface area (Å²) in [7, 11) is 0. The van der Waals surface area contributed by atoms with E-state index in [0.29, 0.717) is 17.8 Å². The average Bonchev–Trinajstić information content (AvgIpc) is 3.11. The number of alkyl halides is 3. The Bertz CT molecular complexity index is 554. The second kappa shape index (κ2) is 3.22. The summed E-state index contributed by atoms with van der Waals surface area (Å²) in [5, 5.41) is 0.257. The minimum Gasteiger partial charge on any atom is -0.473 e. The third-order valence-electron chi connectivity index (χ3n) is 4.38. The summed E-state index contributed by atoms with van der Waals surface area (Å²) >= 11 is 25.4. The lowest BCUT2D eigenvalue weighted by Crippen LogP contribution is -2.49. The fourth-order valence-electron chi connectivity index (χ4n) is 3.45. The van der Waals surface area contributed by atoms with Gasteiger partial charge in [0.2, 0.25) is 0 Å². The molecule has 0 amide bonds. The quantitative estimate of drug-likeness (QED) is 0.637. The molecule has 0 aromatic heterocycles. The third-order valence-corrected chi connectivity index (χ3v) is 6.51. The van der Waals surface area contributed by atoms with Crippen molar-refractivity contribution in [3.63, 3.8) is 0 Å². The number of carbonyl (C=O) groups excluding carboxylic acids is 1. The molecule has 4 aliphatic rings. The lowest BCUT2D eigenvalue weighted by molar-refractivity contribution is -0.121.